The molecule has 2 aromatic heterocycles. The highest BCUT2D eigenvalue weighted by Crippen LogP contribution is 2.34. The van der Waals surface area contributed by atoms with E-state index in [0.29, 0.717) is 69.0 Å². The third kappa shape index (κ3) is 9.88. The van der Waals surface area contributed by atoms with Gasteiger partial charge >= 0.3 is 0 Å². The summed E-state index contributed by atoms with van der Waals surface area (Å²) in [6, 6.07) is 15.6. The average molecular weight is 981 g/mol. The number of nitrogens with zero attached hydrogens (tertiary/aromatic N) is 6. The van der Waals surface area contributed by atoms with E-state index in [1.807, 2.05) is 9.80 Å². The second-order valence-electron chi connectivity index (χ2n) is 13.2. The van der Waals surface area contributed by atoms with E-state index in [2.05, 4.69) is 9.97 Å². The third-order valence-corrected chi connectivity index (χ3v) is 16.4. The molecule has 316 valence electrons. The highest BCUT2D eigenvalue weighted by Gasteiger charge is 2.33. The van der Waals surface area contributed by atoms with Crippen LogP contribution in [0, 0.1) is 23.3 Å². The number of hydrogen-bond acceptors (Lipinski definition) is 10. The summed E-state index contributed by atoms with van der Waals surface area (Å²) in [5.74, 6) is -3.18. The van der Waals surface area contributed by atoms with Crippen molar-refractivity contribution in [2.75, 3.05) is 62.2 Å². The number of aromatic nitrogens is 2. The van der Waals surface area contributed by atoms with Crippen LogP contribution >= 0.6 is 69.1 Å². The number of sulfonamides is 2. The molecule has 2 fully saturated rings. The van der Waals surface area contributed by atoms with Gasteiger partial charge in [-0.05, 0) is 66.7 Å². The second kappa shape index (κ2) is 18.4. The largest absolute Gasteiger partial charge is 0.345 e. The average Bonchev–Trinajstić information content (AvgIpc) is 3.93. The summed E-state index contributed by atoms with van der Waals surface area (Å²) in [7, 11) is -7.55. The fraction of sp³-hybridized carbons (Fsp3) is 0.211. The van der Waals surface area contributed by atoms with Crippen LogP contribution in [0.1, 0.15) is 0 Å². The van der Waals surface area contributed by atoms with Crippen LogP contribution in [0.5, 0.6) is 0 Å². The minimum absolute atomic E-state index is 0.0139. The normalized spacial score (nSPS) is 15.5. The fourth-order valence-electron chi connectivity index (χ4n) is 6.31. The first-order chi connectivity index (χ1) is 28.5. The molecule has 22 heteroatoms. The first-order valence-electron chi connectivity index (χ1n) is 17.7. The Bertz CT molecular complexity index is 2750. The van der Waals surface area contributed by atoms with Gasteiger partial charge in [0.15, 0.2) is 21.9 Å². The van der Waals surface area contributed by atoms with E-state index >= 15 is 0 Å². The number of anilines is 2. The lowest BCUT2D eigenvalue weighted by Crippen LogP contribution is -2.48. The van der Waals surface area contributed by atoms with Gasteiger partial charge < -0.3 is 9.80 Å². The zero-order valence-corrected chi connectivity index (χ0v) is 37.0. The molecule has 4 heterocycles. The predicted molar refractivity (Wildman–Crippen MR) is 230 cm³/mol. The number of thiazole rings is 2. The summed E-state index contributed by atoms with van der Waals surface area (Å²) in [6.07, 6.45) is 0. The van der Waals surface area contributed by atoms with Crippen LogP contribution in [-0.2, 0) is 20.0 Å². The molecule has 0 unspecified atom stereocenters. The Morgan fingerprint density at radius 1 is 0.500 bits per heavy atom. The Kier molecular flexibility index (Phi) is 13.7. The third-order valence-electron chi connectivity index (χ3n) is 9.40. The summed E-state index contributed by atoms with van der Waals surface area (Å²) < 4.78 is 108. The van der Waals surface area contributed by atoms with Crippen LogP contribution in [-0.4, -0.2) is 87.8 Å². The second-order valence-corrected chi connectivity index (χ2v) is 20.4. The van der Waals surface area contributed by atoms with E-state index in [1.165, 1.54) is 85.9 Å². The molecule has 0 N–H and O–H groups in total. The van der Waals surface area contributed by atoms with Crippen molar-refractivity contribution < 1.29 is 34.4 Å². The minimum Gasteiger partial charge on any atom is -0.345 e. The van der Waals surface area contributed by atoms with Crippen molar-refractivity contribution >= 4 is 99.4 Å². The molecule has 2 saturated heterocycles. The monoisotopic (exact) mass is 978 g/mol. The molecule has 6 aromatic rings. The number of piperazine rings is 2. The molecule has 2 aliphatic rings. The highest BCUT2D eigenvalue weighted by molar-refractivity contribution is 7.89. The Morgan fingerprint density at radius 3 is 1.37 bits per heavy atom. The van der Waals surface area contributed by atoms with Crippen molar-refractivity contribution in [1.82, 2.24) is 18.6 Å². The molecule has 0 bridgehead atoms. The molecule has 60 heavy (non-hydrogen) atoms. The molecule has 2 aliphatic heterocycles. The van der Waals surface area contributed by atoms with Gasteiger partial charge in [-0.3, -0.25) is 0 Å². The van der Waals surface area contributed by atoms with Gasteiger partial charge in [0.2, 0.25) is 20.0 Å². The lowest BCUT2D eigenvalue weighted by Gasteiger charge is -2.34. The van der Waals surface area contributed by atoms with E-state index in [-0.39, 0.29) is 46.0 Å². The van der Waals surface area contributed by atoms with Crippen molar-refractivity contribution in [2.45, 2.75) is 9.79 Å². The smallest absolute Gasteiger partial charge is 0.244 e. The van der Waals surface area contributed by atoms with Crippen molar-refractivity contribution in [3.05, 3.63) is 127 Å². The first kappa shape index (κ1) is 44.5. The maximum absolute atomic E-state index is 13.5. The number of benzene rings is 4. The topological polar surface area (TPSA) is 107 Å². The Balaban J connectivity index is 0.000000181. The van der Waals surface area contributed by atoms with E-state index in [4.69, 9.17) is 46.4 Å². The standard InChI is InChI=1S/2C19H15Cl2F2N3O2S2/c20-13-2-3-14(21)18(10-13)30(27,28)26-7-5-25(6-8-26)19-24-17(11-29-19)12-1-4-15(22)16(23)9-12;20-13-1-2-16(21)18(9-13)30(27,28)26-5-3-25(4-6-26)19-24-17(11-29-19)12-7-14(22)10-15(23)8-12/h1-4,9-11H,5-8H2;1-2,7-11H,3-6H2. The highest BCUT2D eigenvalue weighted by atomic mass is 35.5. The molecule has 0 radical (unpaired) electrons. The Hall–Kier alpha value is -3.56. The van der Waals surface area contributed by atoms with E-state index in [0.717, 1.165) is 18.2 Å². The molecule has 0 spiro atoms. The van der Waals surface area contributed by atoms with Crippen molar-refractivity contribution in [3.8, 4) is 22.5 Å². The molecular weight excluding hydrogens is 951 g/mol. The lowest BCUT2D eigenvalue weighted by atomic mass is 10.1. The SMILES string of the molecule is O=S(=O)(c1cc(Cl)ccc1Cl)N1CCN(c2nc(-c3cc(F)cc(F)c3)cs2)CC1.O=S(=O)(c1cc(Cl)ccc1Cl)N1CCN(c2nc(-c3ccc(F)c(F)c3)cs2)CC1. The maximum Gasteiger partial charge on any atom is 0.244 e. The number of hydrogen-bond donors (Lipinski definition) is 0. The fourth-order valence-corrected chi connectivity index (χ4v) is 12.4. The van der Waals surface area contributed by atoms with Gasteiger partial charge in [-0.15, -0.1) is 22.7 Å². The van der Waals surface area contributed by atoms with Crippen LogP contribution in [0.25, 0.3) is 22.5 Å². The van der Waals surface area contributed by atoms with Crippen LogP contribution in [0.3, 0.4) is 0 Å². The molecule has 0 amide bonds. The van der Waals surface area contributed by atoms with Crippen LogP contribution in [0.15, 0.2) is 93.3 Å². The van der Waals surface area contributed by atoms with Gasteiger partial charge in [0, 0.05) is 90.4 Å². The van der Waals surface area contributed by atoms with Gasteiger partial charge in [0.05, 0.1) is 21.4 Å². The molecule has 0 aliphatic carbocycles. The van der Waals surface area contributed by atoms with Gasteiger partial charge in [-0.25, -0.2) is 44.4 Å². The maximum atomic E-state index is 13.5. The van der Waals surface area contributed by atoms with Crippen LogP contribution in [0.2, 0.25) is 20.1 Å². The Labute approximate surface area is 371 Å². The van der Waals surface area contributed by atoms with Gasteiger partial charge in [-0.1, -0.05) is 46.4 Å². The summed E-state index contributed by atoms with van der Waals surface area (Å²) in [6.45, 7) is 2.70. The van der Waals surface area contributed by atoms with Gasteiger partial charge in [0.1, 0.15) is 21.4 Å². The van der Waals surface area contributed by atoms with Crippen molar-refractivity contribution in [1.29, 1.82) is 0 Å². The predicted octanol–water partition coefficient (Wildman–Crippen LogP) is 9.81. The Morgan fingerprint density at radius 2 is 0.933 bits per heavy atom. The summed E-state index contributed by atoms with van der Waals surface area (Å²) in [5, 5.41) is 5.66. The van der Waals surface area contributed by atoms with E-state index in [1.54, 1.807) is 10.8 Å². The van der Waals surface area contributed by atoms with Gasteiger partial charge in [-0.2, -0.15) is 8.61 Å². The first-order valence-corrected chi connectivity index (χ1v) is 23.9. The molecule has 8 rings (SSSR count). The molecule has 4 aromatic carbocycles. The van der Waals surface area contributed by atoms with Crippen molar-refractivity contribution in [3.63, 3.8) is 0 Å². The molecule has 0 atom stereocenters. The quantitative estimate of drug-likeness (QED) is 0.139. The molecule has 10 nitrogen and oxygen atoms in total. The summed E-state index contributed by atoms with van der Waals surface area (Å²) in [5.41, 5.74) is 1.84. The zero-order valence-electron chi connectivity index (χ0n) is 30.7. The molecular formula is C38H30Cl4F4N6O4S4. The zero-order chi connectivity index (χ0) is 42.9. The number of rotatable bonds is 8. The lowest BCUT2D eigenvalue weighted by molar-refractivity contribution is 0.384. The minimum atomic E-state index is -3.78. The van der Waals surface area contributed by atoms with Crippen LogP contribution < -0.4 is 9.80 Å². The van der Waals surface area contributed by atoms with E-state index < -0.39 is 43.3 Å². The summed E-state index contributed by atoms with van der Waals surface area (Å²) >= 11 is 26.7. The van der Waals surface area contributed by atoms with Crippen LogP contribution in [0.4, 0.5) is 27.8 Å². The van der Waals surface area contributed by atoms with E-state index in [9.17, 15) is 34.4 Å². The number of halogens is 8. The molecule has 0 saturated carbocycles. The summed E-state index contributed by atoms with van der Waals surface area (Å²) in [4.78, 5) is 12.8. The van der Waals surface area contributed by atoms with Gasteiger partial charge in [0.25, 0.3) is 0 Å². The van der Waals surface area contributed by atoms with Crippen molar-refractivity contribution in [2.24, 2.45) is 0 Å².